The molecule has 122 valence electrons. The third-order valence-electron chi connectivity index (χ3n) is 4.20. The zero-order valence-electron chi connectivity index (χ0n) is 13.4. The van der Waals surface area contributed by atoms with Crippen LogP contribution in [0.3, 0.4) is 0 Å². The predicted octanol–water partition coefficient (Wildman–Crippen LogP) is 3.47. The second-order valence-corrected chi connectivity index (χ2v) is 5.71. The molecule has 1 heterocycles. The number of nitrogens with zero attached hydrogens (tertiary/aromatic N) is 2. The molecule has 1 N–H and O–H groups in total. The van der Waals surface area contributed by atoms with E-state index in [0.717, 1.165) is 35.4 Å². The van der Waals surface area contributed by atoms with Crippen LogP contribution in [-0.4, -0.2) is 28.1 Å². The maximum Gasteiger partial charge on any atom is 0.162 e. The summed E-state index contributed by atoms with van der Waals surface area (Å²) in [5.41, 5.74) is 2.37. The Hall–Kier alpha value is -2.27. The third kappa shape index (κ3) is 3.24. The van der Waals surface area contributed by atoms with Gasteiger partial charge in [0.25, 0.3) is 0 Å². The van der Waals surface area contributed by atoms with Crippen LogP contribution in [0.25, 0.3) is 17.5 Å². The first kappa shape index (κ1) is 15.6. The van der Waals surface area contributed by atoms with Crippen molar-refractivity contribution in [1.29, 1.82) is 0 Å². The van der Waals surface area contributed by atoms with Crippen LogP contribution in [0.5, 0.6) is 11.5 Å². The van der Waals surface area contributed by atoms with Crippen molar-refractivity contribution in [2.75, 3.05) is 7.11 Å². The minimum atomic E-state index is -0.0754. The number of ether oxygens (including phenoxy) is 2. The van der Waals surface area contributed by atoms with Gasteiger partial charge in [-0.25, -0.2) is 4.68 Å². The number of aliphatic hydroxyl groups is 1. The second-order valence-electron chi connectivity index (χ2n) is 5.71. The third-order valence-corrected chi connectivity index (χ3v) is 4.20. The van der Waals surface area contributed by atoms with Crippen molar-refractivity contribution in [2.24, 2.45) is 0 Å². The molecule has 2 aromatic rings. The SMILES string of the molecule is C=Cn1cc(CO)c(-c2ccc(OC)c(OC3CCCC3)c2)n1. The van der Waals surface area contributed by atoms with Crippen LogP contribution >= 0.6 is 0 Å². The molecular formula is C18H22N2O3. The molecule has 0 atom stereocenters. The van der Waals surface area contributed by atoms with Crippen molar-refractivity contribution in [3.63, 3.8) is 0 Å². The fourth-order valence-corrected chi connectivity index (χ4v) is 2.98. The molecule has 1 aromatic carbocycles. The van der Waals surface area contributed by atoms with Crippen LogP contribution in [0.4, 0.5) is 0 Å². The molecule has 1 saturated carbocycles. The van der Waals surface area contributed by atoms with E-state index in [1.807, 2.05) is 18.2 Å². The van der Waals surface area contributed by atoms with Crippen molar-refractivity contribution >= 4 is 6.20 Å². The fraction of sp³-hybridized carbons (Fsp3) is 0.389. The van der Waals surface area contributed by atoms with Gasteiger partial charge in [-0.05, 0) is 43.9 Å². The first-order chi connectivity index (χ1) is 11.2. The topological polar surface area (TPSA) is 56.5 Å². The number of hydrogen-bond donors (Lipinski definition) is 1. The Bertz CT molecular complexity index is 688. The summed E-state index contributed by atoms with van der Waals surface area (Å²) in [5.74, 6) is 1.45. The highest BCUT2D eigenvalue weighted by atomic mass is 16.5. The Labute approximate surface area is 136 Å². The summed E-state index contributed by atoms with van der Waals surface area (Å²) in [6.45, 7) is 3.63. The van der Waals surface area contributed by atoms with Gasteiger partial charge in [-0.3, -0.25) is 0 Å². The van der Waals surface area contributed by atoms with Gasteiger partial charge in [-0.1, -0.05) is 6.58 Å². The summed E-state index contributed by atoms with van der Waals surface area (Å²) in [5, 5.41) is 14.0. The lowest BCUT2D eigenvalue weighted by molar-refractivity contribution is 0.201. The minimum absolute atomic E-state index is 0.0754. The molecule has 3 rings (SSSR count). The van der Waals surface area contributed by atoms with E-state index in [9.17, 15) is 5.11 Å². The first-order valence-corrected chi connectivity index (χ1v) is 7.91. The van der Waals surface area contributed by atoms with Gasteiger partial charge in [0.05, 0.1) is 25.5 Å². The Kier molecular flexibility index (Phi) is 4.67. The minimum Gasteiger partial charge on any atom is -0.493 e. The first-order valence-electron chi connectivity index (χ1n) is 7.91. The standard InChI is InChI=1S/C18H22N2O3/c1-3-20-11-14(12-21)18(19-20)13-8-9-16(22-2)17(10-13)23-15-6-4-5-7-15/h3,8-11,15,21H,1,4-7,12H2,2H3. The van der Waals surface area contributed by atoms with Crippen molar-refractivity contribution in [1.82, 2.24) is 9.78 Å². The van der Waals surface area contributed by atoms with E-state index in [-0.39, 0.29) is 12.7 Å². The van der Waals surface area contributed by atoms with E-state index in [1.54, 1.807) is 24.2 Å². The van der Waals surface area contributed by atoms with Crippen LogP contribution in [-0.2, 0) is 6.61 Å². The molecule has 1 fully saturated rings. The number of benzene rings is 1. The molecule has 0 aliphatic heterocycles. The number of methoxy groups -OCH3 is 1. The molecule has 1 aliphatic carbocycles. The van der Waals surface area contributed by atoms with Gasteiger partial charge in [-0.2, -0.15) is 5.10 Å². The lowest BCUT2D eigenvalue weighted by atomic mass is 10.1. The molecule has 23 heavy (non-hydrogen) atoms. The smallest absolute Gasteiger partial charge is 0.162 e. The van der Waals surface area contributed by atoms with E-state index in [4.69, 9.17) is 9.47 Å². The summed E-state index contributed by atoms with van der Waals surface area (Å²) < 4.78 is 13.1. The highest BCUT2D eigenvalue weighted by Crippen LogP contribution is 2.35. The highest BCUT2D eigenvalue weighted by Gasteiger charge is 2.19. The van der Waals surface area contributed by atoms with Crippen LogP contribution < -0.4 is 9.47 Å². The van der Waals surface area contributed by atoms with Gasteiger partial charge < -0.3 is 14.6 Å². The molecule has 0 spiro atoms. The van der Waals surface area contributed by atoms with E-state index < -0.39 is 0 Å². The maximum atomic E-state index is 9.54. The van der Waals surface area contributed by atoms with Crippen molar-refractivity contribution < 1.29 is 14.6 Å². The van der Waals surface area contributed by atoms with Crippen LogP contribution in [0.1, 0.15) is 31.2 Å². The van der Waals surface area contributed by atoms with Gasteiger partial charge in [-0.15, -0.1) is 0 Å². The molecule has 0 unspecified atom stereocenters. The van der Waals surface area contributed by atoms with E-state index in [0.29, 0.717) is 5.75 Å². The monoisotopic (exact) mass is 314 g/mol. The molecule has 0 amide bonds. The van der Waals surface area contributed by atoms with Crippen LogP contribution in [0.2, 0.25) is 0 Å². The van der Waals surface area contributed by atoms with Gasteiger partial charge in [0.1, 0.15) is 0 Å². The second kappa shape index (κ2) is 6.87. The summed E-state index contributed by atoms with van der Waals surface area (Å²) in [4.78, 5) is 0. The zero-order valence-corrected chi connectivity index (χ0v) is 13.4. The van der Waals surface area contributed by atoms with E-state index >= 15 is 0 Å². The van der Waals surface area contributed by atoms with Gasteiger partial charge in [0.15, 0.2) is 11.5 Å². The molecule has 5 nitrogen and oxygen atoms in total. The quantitative estimate of drug-likeness (QED) is 0.887. The van der Waals surface area contributed by atoms with Gasteiger partial charge in [0.2, 0.25) is 0 Å². The zero-order chi connectivity index (χ0) is 16.2. The number of rotatable bonds is 6. The average Bonchev–Trinajstić information content (AvgIpc) is 3.23. The molecule has 1 aromatic heterocycles. The number of aromatic nitrogens is 2. The van der Waals surface area contributed by atoms with Crippen molar-refractivity contribution in [3.8, 4) is 22.8 Å². The summed E-state index contributed by atoms with van der Waals surface area (Å²) in [7, 11) is 1.64. The van der Waals surface area contributed by atoms with Crippen LogP contribution in [0.15, 0.2) is 31.0 Å². The van der Waals surface area contributed by atoms with Crippen molar-refractivity contribution in [3.05, 3.63) is 36.5 Å². The summed E-state index contributed by atoms with van der Waals surface area (Å²) in [6.07, 6.45) is 8.21. The predicted molar refractivity (Wildman–Crippen MR) is 89.4 cm³/mol. The summed E-state index contributed by atoms with van der Waals surface area (Å²) in [6, 6.07) is 5.75. The molecule has 5 heteroatoms. The van der Waals surface area contributed by atoms with E-state index in [2.05, 4.69) is 11.7 Å². The number of aliphatic hydroxyl groups excluding tert-OH is 1. The highest BCUT2D eigenvalue weighted by molar-refractivity contribution is 5.67. The molecule has 0 bridgehead atoms. The Morgan fingerprint density at radius 3 is 2.78 bits per heavy atom. The van der Waals surface area contributed by atoms with Gasteiger partial charge >= 0.3 is 0 Å². The maximum absolute atomic E-state index is 9.54. The normalized spacial score (nSPS) is 14.9. The Balaban J connectivity index is 1.96. The van der Waals surface area contributed by atoms with Crippen molar-refractivity contribution in [2.45, 2.75) is 38.4 Å². The molecule has 1 aliphatic rings. The lowest BCUT2D eigenvalue weighted by Crippen LogP contribution is -2.11. The molecule has 0 saturated heterocycles. The Morgan fingerprint density at radius 1 is 1.35 bits per heavy atom. The number of hydrogen-bond acceptors (Lipinski definition) is 4. The van der Waals surface area contributed by atoms with Crippen LogP contribution in [0, 0.1) is 0 Å². The fourth-order valence-electron chi connectivity index (χ4n) is 2.98. The summed E-state index contributed by atoms with van der Waals surface area (Å²) >= 11 is 0. The Morgan fingerprint density at radius 2 is 2.13 bits per heavy atom. The lowest BCUT2D eigenvalue weighted by Gasteiger charge is -2.16. The molecular weight excluding hydrogens is 292 g/mol. The molecule has 0 radical (unpaired) electrons. The largest absolute Gasteiger partial charge is 0.493 e. The average molecular weight is 314 g/mol. The van der Waals surface area contributed by atoms with Gasteiger partial charge in [0, 0.05) is 23.5 Å². The van der Waals surface area contributed by atoms with E-state index in [1.165, 1.54) is 12.8 Å².